The fourth-order valence-electron chi connectivity index (χ4n) is 1.66. The molecular formula is C12H14ClN. The van der Waals surface area contributed by atoms with Crippen molar-refractivity contribution < 1.29 is 0 Å². The molecule has 0 radical (unpaired) electrons. The first kappa shape index (κ1) is 9.60. The summed E-state index contributed by atoms with van der Waals surface area (Å²) in [5, 5.41) is 4.21. The highest BCUT2D eigenvalue weighted by atomic mass is 35.5. The number of hydrogen-bond donors (Lipinski definition) is 1. The van der Waals surface area contributed by atoms with Crippen molar-refractivity contribution in [3.8, 4) is 0 Å². The van der Waals surface area contributed by atoms with Gasteiger partial charge in [-0.1, -0.05) is 23.7 Å². The average molecular weight is 208 g/mol. The van der Waals surface area contributed by atoms with Crippen LogP contribution in [0.2, 0.25) is 5.02 Å². The zero-order valence-corrected chi connectivity index (χ0v) is 8.85. The van der Waals surface area contributed by atoms with E-state index in [1.54, 1.807) is 0 Å². The summed E-state index contributed by atoms with van der Waals surface area (Å²) in [7, 11) is 0. The van der Waals surface area contributed by atoms with Crippen molar-refractivity contribution in [1.29, 1.82) is 0 Å². The molecule has 0 aliphatic carbocycles. The molecule has 0 amide bonds. The first-order valence-corrected chi connectivity index (χ1v) is 5.42. The molecule has 0 unspecified atom stereocenters. The predicted molar refractivity (Wildman–Crippen MR) is 61.3 cm³/mol. The van der Waals surface area contributed by atoms with Crippen LogP contribution >= 0.6 is 11.6 Å². The third-order valence-corrected chi connectivity index (χ3v) is 2.69. The third-order valence-electron chi connectivity index (χ3n) is 2.44. The molecular weight excluding hydrogens is 194 g/mol. The van der Waals surface area contributed by atoms with Gasteiger partial charge >= 0.3 is 0 Å². The minimum absolute atomic E-state index is 0.795. The van der Waals surface area contributed by atoms with E-state index in [2.05, 4.69) is 11.4 Å². The molecule has 1 aromatic rings. The van der Waals surface area contributed by atoms with Crippen molar-refractivity contribution in [3.05, 3.63) is 40.5 Å². The lowest BCUT2D eigenvalue weighted by atomic mass is 10.1. The Morgan fingerprint density at radius 1 is 1.14 bits per heavy atom. The second-order valence-corrected chi connectivity index (χ2v) is 4.04. The number of halogens is 1. The molecule has 0 aromatic heterocycles. The van der Waals surface area contributed by atoms with Crippen molar-refractivity contribution in [1.82, 2.24) is 5.32 Å². The maximum absolute atomic E-state index is 5.82. The summed E-state index contributed by atoms with van der Waals surface area (Å²) in [5.74, 6) is 0. The van der Waals surface area contributed by atoms with Crippen LogP contribution in [0.15, 0.2) is 30.0 Å². The summed E-state index contributed by atoms with van der Waals surface area (Å²) in [6.07, 6.45) is 5.96. The Kier molecular flexibility index (Phi) is 3.10. The fourth-order valence-corrected chi connectivity index (χ4v) is 1.79. The summed E-state index contributed by atoms with van der Waals surface area (Å²) < 4.78 is 0. The number of allylic oxidation sites excluding steroid dienone is 1. The maximum Gasteiger partial charge on any atom is 0.0406 e. The summed E-state index contributed by atoms with van der Waals surface area (Å²) in [5.41, 5.74) is 2.57. The van der Waals surface area contributed by atoms with Crippen LogP contribution in [0.3, 0.4) is 0 Å². The van der Waals surface area contributed by atoms with Gasteiger partial charge in [0.05, 0.1) is 0 Å². The van der Waals surface area contributed by atoms with Crippen molar-refractivity contribution >= 4 is 17.7 Å². The smallest absolute Gasteiger partial charge is 0.0406 e. The number of hydrogen-bond acceptors (Lipinski definition) is 1. The van der Waals surface area contributed by atoms with Gasteiger partial charge in [-0.15, -0.1) is 0 Å². The Morgan fingerprint density at radius 2 is 1.93 bits per heavy atom. The second kappa shape index (κ2) is 4.52. The molecule has 0 saturated carbocycles. The van der Waals surface area contributed by atoms with Gasteiger partial charge in [-0.3, -0.25) is 0 Å². The quantitative estimate of drug-likeness (QED) is 0.744. The van der Waals surface area contributed by atoms with Gasteiger partial charge in [0, 0.05) is 17.3 Å². The number of nitrogens with one attached hydrogen (secondary N) is 1. The van der Waals surface area contributed by atoms with Crippen LogP contribution in [0, 0.1) is 0 Å². The maximum atomic E-state index is 5.82. The van der Waals surface area contributed by atoms with Gasteiger partial charge in [-0.25, -0.2) is 0 Å². The number of benzene rings is 1. The monoisotopic (exact) mass is 207 g/mol. The SMILES string of the molecule is Clc1ccc(/C=C2\CCCCN2)cc1. The fraction of sp³-hybridized carbons (Fsp3) is 0.333. The largest absolute Gasteiger partial charge is 0.388 e. The van der Waals surface area contributed by atoms with E-state index in [0.717, 1.165) is 11.6 Å². The molecule has 1 heterocycles. The molecule has 2 rings (SSSR count). The van der Waals surface area contributed by atoms with E-state index < -0.39 is 0 Å². The van der Waals surface area contributed by atoms with Crippen molar-refractivity contribution in [2.45, 2.75) is 19.3 Å². The van der Waals surface area contributed by atoms with Crippen LogP contribution in [0.4, 0.5) is 0 Å². The molecule has 1 N–H and O–H groups in total. The molecule has 0 spiro atoms. The highest BCUT2D eigenvalue weighted by Gasteiger charge is 2.03. The van der Waals surface area contributed by atoms with Crippen molar-refractivity contribution in [2.75, 3.05) is 6.54 Å². The first-order valence-electron chi connectivity index (χ1n) is 5.04. The van der Waals surface area contributed by atoms with Crippen molar-refractivity contribution in [3.63, 3.8) is 0 Å². The third kappa shape index (κ3) is 2.52. The summed E-state index contributed by atoms with van der Waals surface area (Å²) in [6, 6.07) is 7.95. The number of piperidine rings is 1. The molecule has 1 fully saturated rings. The van der Waals surface area contributed by atoms with E-state index in [1.807, 2.05) is 24.3 Å². The molecule has 1 aromatic carbocycles. The van der Waals surface area contributed by atoms with Gasteiger partial charge in [-0.2, -0.15) is 0 Å². The van der Waals surface area contributed by atoms with Gasteiger partial charge in [0.2, 0.25) is 0 Å². The van der Waals surface area contributed by atoms with Crippen LogP contribution in [0.1, 0.15) is 24.8 Å². The van der Waals surface area contributed by atoms with Gasteiger partial charge in [0.1, 0.15) is 0 Å². The van der Waals surface area contributed by atoms with E-state index in [0.29, 0.717) is 0 Å². The van der Waals surface area contributed by atoms with Gasteiger partial charge < -0.3 is 5.32 Å². The topological polar surface area (TPSA) is 12.0 Å². The minimum atomic E-state index is 0.795. The lowest BCUT2D eigenvalue weighted by Crippen LogP contribution is -2.19. The van der Waals surface area contributed by atoms with Gasteiger partial charge in [-0.05, 0) is 43.0 Å². The molecule has 1 aliphatic heterocycles. The second-order valence-electron chi connectivity index (χ2n) is 3.61. The van der Waals surface area contributed by atoms with E-state index in [4.69, 9.17) is 11.6 Å². The van der Waals surface area contributed by atoms with Crippen LogP contribution in [0.5, 0.6) is 0 Å². The Hall–Kier alpha value is -0.950. The van der Waals surface area contributed by atoms with Crippen LogP contribution in [-0.2, 0) is 0 Å². The van der Waals surface area contributed by atoms with Crippen LogP contribution < -0.4 is 5.32 Å². The summed E-state index contributed by atoms with van der Waals surface area (Å²) >= 11 is 5.82. The molecule has 2 heteroatoms. The van der Waals surface area contributed by atoms with E-state index in [-0.39, 0.29) is 0 Å². The van der Waals surface area contributed by atoms with E-state index >= 15 is 0 Å². The molecule has 0 atom stereocenters. The molecule has 1 nitrogen and oxygen atoms in total. The first-order chi connectivity index (χ1) is 6.84. The summed E-state index contributed by atoms with van der Waals surface area (Å²) in [4.78, 5) is 0. The Bertz CT molecular complexity index is 319. The van der Waals surface area contributed by atoms with Crippen molar-refractivity contribution in [2.24, 2.45) is 0 Å². The van der Waals surface area contributed by atoms with E-state index in [1.165, 1.54) is 30.5 Å². The van der Waals surface area contributed by atoms with E-state index in [9.17, 15) is 0 Å². The van der Waals surface area contributed by atoms with Gasteiger partial charge in [0.25, 0.3) is 0 Å². The zero-order valence-electron chi connectivity index (χ0n) is 8.09. The summed E-state index contributed by atoms with van der Waals surface area (Å²) in [6.45, 7) is 1.11. The van der Waals surface area contributed by atoms with Crippen LogP contribution in [0.25, 0.3) is 6.08 Å². The highest BCUT2D eigenvalue weighted by molar-refractivity contribution is 6.30. The zero-order chi connectivity index (χ0) is 9.80. The Balaban J connectivity index is 2.11. The minimum Gasteiger partial charge on any atom is -0.388 e. The molecule has 14 heavy (non-hydrogen) atoms. The molecule has 0 bridgehead atoms. The Labute approximate surface area is 89.8 Å². The normalized spacial score (nSPS) is 19.4. The lowest BCUT2D eigenvalue weighted by molar-refractivity contribution is 0.592. The Morgan fingerprint density at radius 3 is 2.57 bits per heavy atom. The van der Waals surface area contributed by atoms with Crippen LogP contribution in [-0.4, -0.2) is 6.54 Å². The molecule has 1 saturated heterocycles. The molecule has 74 valence electrons. The highest BCUT2D eigenvalue weighted by Crippen LogP contribution is 2.16. The predicted octanol–water partition coefficient (Wildman–Crippen LogP) is 3.45. The average Bonchev–Trinajstić information content (AvgIpc) is 2.23. The molecule has 1 aliphatic rings. The van der Waals surface area contributed by atoms with Gasteiger partial charge in [0.15, 0.2) is 0 Å². The number of rotatable bonds is 1. The standard InChI is InChI=1S/C12H14ClN/c13-11-6-4-10(5-7-11)9-12-3-1-2-8-14-12/h4-7,9,14H,1-3,8H2/b12-9+. The lowest BCUT2D eigenvalue weighted by Gasteiger charge is -2.16.